The van der Waals surface area contributed by atoms with Crippen LogP contribution in [0.3, 0.4) is 0 Å². The Morgan fingerprint density at radius 2 is 1.91 bits per heavy atom. The molecule has 1 heteroatoms. The third-order valence-electron chi connectivity index (χ3n) is 3.45. The van der Waals surface area contributed by atoms with E-state index >= 15 is 0 Å². The van der Waals surface area contributed by atoms with Gasteiger partial charge in [0.2, 0.25) is 0 Å². The normalized spacial score (nSPS) is 52.9. The number of hydrogen-bond donors (Lipinski definition) is 0. The van der Waals surface area contributed by atoms with Crippen LogP contribution in [0.5, 0.6) is 0 Å². The molecule has 2 heterocycles. The van der Waals surface area contributed by atoms with Crippen LogP contribution in [0.1, 0.15) is 39.5 Å². The van der Waals surface area contributed by atoms with Crippen LogP contribution < -0.4 is 0 Å². The van der Waals surface area contributed by atoms with Gasteiger partial charge in [-0.05, 0) is 48.8 Å². The molecule has 0 aromatic heterocycles. The standard InChI is InChI=1S/C10H19P/c1-7-5-9-4-3-8(2)10(6-7)11-9/h7-11H,3-6H2,1-2H3. The Kier molecular flexibility index (Phi) is 2.23. The van der Waals surface area contributed by atoms with Gasteiger partial charge in [-0.3, -0.25) is 0 Å². The fraction of sp³-hybridized carbons (Fsp3) is 1.00. The second-order valence-electron chi connectivity index (χ2n) is 4.60. The first-order valence-corrected chi connectivity index (χ1v) is 6.17. The molecule has 2 aliphatic rings. The molecule has 64 valence electrons. The Hall–Kier alpha value is 0.430. The van der Waals surface area contributed by atoms with Crippen molar-refractivity contribution >= 4 is 8.58 Å². The van der Waals surface area contributed by atoms with Gasteiger partial charge in [0, 0.05) is 0 Å². The van der Waals surface area contributed by atoms with Gasteiger partial charge in [-0.2, -0.15) is 0 Å². The Labute approximate surface area is 71.9 Å². The fourth-order valence-corrected chi connectivity index (χ4v) is 5.23. The maximum absolute atomic E-state index is 2.46. The molecule has 0 aliphatic carbocycles. The summed E-state index contributed by atoms with van der Waals surface area (Å²) in [6.07, 6.45) is 6.15. The topological polar surface area (TPSA) is 0 Å². The Morgan fingerprint density at radius 1 is 1.09 bits per heavy atom. The van der Waals surface area contributed by atoms with Gasteiger partial charge in [0.15, 0.2) is 0 Å². The molecule has 5 atom stereocenters. The van der Waals surface area contributed by atoms with Crippen molar-refractivity contribution in [2.24, 2.45) is 11.8 Å². The lowest BCUT2D eigenvalue weighted by Gasteiger charge is -2.41. The third-order valence-corrected chi connectivity index (χ3v) is 5.68. The van der Waals surface area contributed by atoms with Gasteiger partial charge in [-0.1, -0.05) is 13.8 Å². The molecule has 5 unspecified atom stereocenters. The van der Waals surface area contributed by atoms with Gasteiger partial charge in [-0.25, -0.2) is 0 Å². The zero-order valence-electron chi connectivity index (χ0n) is 7.64. The molecular formula is C10H19P. The summed E-state index contributed by atoms with van der Waals surface area (Å²) < 4.78 is 0. The first-order chi connectivity index (χ1) is 5.25. The third kappa shape index (κ3) is 1.61. The SMILES string of the molecule is CC1CC2CCC(C)C(C1)P2. The molecule has 0 aromatic carbocycles. The lowest BCUT2D eigenvalue weighted by Crippen LogP contribution is -2.31. The van der Waals surface area contributed by atoms with Crippen molar-refractivity contribution in [3.8, 4) is 0 Å². The van der Waals surface area contributed by atoms with Crippen molar-refractivity contribution in [3.63, 3.8) is 0 Å². The van der Waals surface area contributed by atoms with Gasteiger partial charge < -0.3 is 0 Å². The highest BCUT2D eigenvalue weighted by atomic mass is 31.1. The van der Waals surface area contributed by atoms with Gasteiger partial charge >= 0.3 is 0 Å². The van der Waals surface area contributed by atoms with Gasteiger partial charge in [0.25, 0.3) is 0 Å². The highest BCUT2D eigenvalue weighted by Crippen LogP contribution is 2.50. The zero-order valence-corrected chi connectivity index (χ0v) is 8.64. The van der Waals surface area contributed by atoms with E-state index in [2.05, 4.69) is 13.8 Å². The zero-order chi connectivity index (χ0) is 7.84. The monoisotopic (exact) mass is 170 g/mol. The van der Waals surface area contributed by atoms with Gasteiger partial charge in [-0.15, -0.1) is 8.58 Å². The van der Waals surface area contributed by atoms with Crippen molar-refractivity contribution in [2.45, 2.75) is 50.8 Å². The molecule has 0 aromatic rings. The van der Waals surface area contributed by atoms with Crippen molar-refractivity contribution in [3.05, 3.63) is 0 Å². The maximum Gasteiger partial charge on any atom is -0.0206 e. The van der Waals surface area contributed by atoms with Gasteiger partial charge in [0.05, 0.1) is 0 Å². The Morgan fingerprint density at radius 3 is 2.73 bits per heavy atom. The summed E-state index contributed by atoms with van der Waals surface area (Å²) >= 11 is 0. The summed E-state index contributed by atoms with van der Waals surface area (Å²) in [7, 11) is 1.32. The Bertz CT molecular complexity index is 142. The van der Waals surface area contributed by atoms with E-state index in [1.165, 1.54) is 21.4 Å². The van der Waals surface area contributed by atoms with E-state index in [-0.39, 0.29) is 0 Å². The van der Waals surface area contributed by atoms with Crippen LogP contribution in [-0.4, -0.2) is 11.3 Å². The largest absolute Gasteiger partial charge is 0.115 e. The average molecular weight is 170 g/mol. The van der Waals surface area contributed by atoms with Crippen molar-refractivity contribution < 1.29 is 0 Å². The van der Waals surface area contributed by atoms with Crippen molar-refractivity contribution in [1.29, 1.82) is 0 Å². The summed E-state index contributed by atoms with van der Waals surface area (Å²) in [5, 5.41) is 0. The van der Waals surface area contributed by atoms with E-state index in [1.54, 1.807) is 12.8 Å². The minimum atomic E-state index is 1.04. The predicted octanol–water partition coefficient (Wildman–Crippen LogP) is 3.26. The molecule has 0 amide bonds. The van der Waals surface area contributed by atoms with Crippen LogP contribution in [0, 0.1) is 11.8 Å². The lowest BCUT2D eigenvalue weighted by molar-refractivity contribution is 0.328. The molecule has 2 aliphatic heterocycles. The maximum atomic E-state index is 2.46. The van der Waals surface area contributed by atoms with E-state index in [1.807, 2.05) is 0 Å². The van der Waals surface area contributed by atoms with E-state index in [9.17, 15) is 0 Å². The quantitative estimate of drug-likeness (QED) is 0.489. The highest BCUT2D eigenvalue weighted by molar-refractivity contribution is 7.40. The molecule has 2 bridgehead atoms. The van der Waals surface area contributed by atoms with Crippen LogP contribution in [0.2, 0.25) is 0 Å². The van der Waals surface area contributed by atoms with Gasteiger partial charge in [0.1, 0.15) is 0 Å². The number of rotatable bonds is 0. The Balaban J connectivity index is 2.02. The molecule has 0 N–H and O–H groups in total. The number of fused-ring (bicyclic) bond motifs is 2. The molecule has 0 nitrogen and oxygen atoms in total. The number of hydrogen-bond acceptors (Lipinski definition) is 0. The van der Waals surface area contributed by atoms with Crippen molar-refractivity contribution in [1.82, 2.24) is 0 Å². The summed E-state index contributed by atoms with van der Waals surface area (Å²) in [5.74, 6) is 2.08. The molecule has 11 heavy (non-hydrogen) atoms. The first-order valence-electron chi connectivity index (χ1n) is 5.01. The second-order valence-corrected chi connectivity index (χ2v) is 6.49. The predicted molar refractivity (Wildman–Crippen MR) is 52.7 cm³/mol. The molecule has 0 saturated carbocycles. The molecule has 2 fully saturated rings. The minimum Gasteiger partial charge on any atom is -0.115 e. The molecule has 2 saturated heterocycles. The average Bonchev–Trinajstić information content (AvgIpc) is 1.97. The van der Waals surface area contributed by atoms with Crippen LogP contribution in [0.15, 0.2) is 0 Å². The summed E-state index contributed by atoms with van der Waals surface area (Å²) in [4.78, 5) is 0. The molecule has 0 spiro atoms. The summed E-state index contributed by atoms with van der Waals surface area (Å²) in [5.41, 5.74) is 2.26. The second kappa shape index (κ2) is 3.05. The van der Waals surface area contributed by atoms with Crippen LogP contribution >= 0.6 is 8.58 Å². The molecular weight excluding hydrogens is 151 g/mol. The van der Waals surface area contributed by atoms with E-state index < -0.39 is 0 Å². The summed E-state index contributed by atoms with van der Waals surface area (Å²) in [6, 6.07) is 0. The van der Waals surface area contributed by atoms with E-state index in [0.717, 1.165) is 23.2 Å². The molecule has 0 radical (unpaired) electrons. The lowest BCUT2D eigenvalue weighted by atomic mass is 9.85. The molecule has 2 rings (SSSR count). The van der Waals surface area contributed by atoms with Crippen molar-refractivity contribution in [2.75, 3.05) is 0 Å². The smallest absolute Gasteiger partial charge is 0.0206 e. The summed E-state index contributed by atoms with van der Waals surface area (Å²) in [6.45, 7) is 4.91. The minimum absolute atomic E-state index is 1.04. The first kappa shape index (κ1) is 8.05. The van der Waals surface area contributed by atoms with Crippen LogP contribution in [0.4, 0.5) is 0 Å². The van der Waals surface area contributed by atoms with Crippen LogP contribution in [-0.2, 0) is 0 Å². The fourth-order valence-electron chi connectivity index (χ4n) is 2.72. The highest BCUT2D eigenvalue weighted by Gasteiger charge is 2.33. The van der Waals surface area contributed by atoms with Crippen LogP contribution in [0.25, 0.3) is 0 Å². The van der Waals surface area contributed by atoms with E-state index in [4.69, 9.17) is 0 Å². The van der Waals surface area contributed by atoms with E-state index in [0.29, 0.717) is 0 Å².